The molecule has 0 radical (unpaired) electrons. The van der Waals surface area contributed by atoms with E-state index >= 15 is 0 Å². The van der Waals surface area contributed by atoms with Crippen LogP contribution in [0.15, 0.2) is 35.6 Å². The van der Waals surface area contributed by atoms with Gasteiger partial charge in [0.05, 0.1) is 5.76 Å². The topological polar surface area (TPSA) is 26.3 Å². The molecule has 0 spiro atoms. The Kier molecular flexibility index (Phi) is 3.44. The van der Waals surface area contributed by atoms with E-state index in [9.17, 15) is 4.79 Å². The van der Waals surface area contributed by atoms with Crippen molar-refractivity contribution in [3.63, 3.8) is 0 Å². The number of rotatable bonds is 2. The second kappa shape index (κ2) is 4.73. The van der Waals surface area contributed by atoms with Gasteiger partial charge in [-0.3, -0.25) is 4.79 Å². The number of aryl methyl sites for hydroxylation is 1. The normalized spacial score (nSPS) is 18.3. The van der Waals surface area contributed by atoms with Crippen LogP contribution in [-0.4, -0.2) is 14.1 Å². The molecule has 96 valence electrons. The third kappa shape index (κ3) is 2.72. The first-order valence-electron chi connectivity index (χ1n) is 6.40. The van der Waals surface area contributed by atoms with Gasteiger partial charge in [0.25, 0.3) is 0 Å². The van der Waals surface area contributed by atoms with E-state index in [1.807, 2.05) is 31.2 Å². The molecule has 0 aromatic heterocycles. The van der Waals surface area contributed by atoms with Crippen molar-refractivity contribution in [3.05, 3.63) is 46.7 Å². The van der Waals surface area contributed by atoms with E-state index in [0.717, 1.165) is 35.3 Å². The first-order chi connectivity index (χ1) is 8.38. The van der Waals surface area contributed by atoms with Gasteiger partial charge in [-0.15, -0.1) is 0 Å². The molecule has 2 nitrogen and oxygen atoms in total. The fraction of sp³-hybridized carbons (Fsp3) is 0.400. The summed E-state index contributed by atoms with van der Waals surface area (Å²) in [5, 5.41) is 0. The molecule has 2 rings (SSSR count). The zero-order chi connectivity index (χ0) is 13.3. The minimum absolute atomic E-state index is 0.146. The summed E-state index contributed by atoms with van der Waals surface area (Å²) in [5.74, 6) is 0.973. The number of hydrogen-bond donors (Lipinski definition) is 0. The van der Waals surface area contributed by atoms with Crippen LogP contribution in [0.25, 0.3) is 0 Å². The number of carbonyl (C=O) groups excluding carboxylic acids is 1. The Morgan fingerprint density at radius 2 is 1.83 bits per heavy atom. The number of hydrogen-bond acceptors (Lipinski definition) is 2. The molecule has 1 aromatic carbocycles. The predicted octanol–water partition coefficient (Wildman–Crippen LogP) is 3.94. The fourth-order valence-corrected chi connectivity index (χ4v) is 3.39. The van der Waals surface area contributed by atoms with E-state index in [1.165, 1.54) is 0 Å². The van der Waals surface area contributed by atoms with Gasteiger partial charge in [-0.2, -0.15) is 0 Å². The van der Waals surface area contributed by atoms with Crippen molar-refractivity contribution in [3.8, 4) is 0 Å². The molecule has 0 unspecified atom stereocenters. The number of fused-ring (bicyclic) bond motifs is 1. The van der Waals surface area contributed by atoms with Crippen LogP contribution in [0.3, 0.4) is 0 Å². The monoisotopic (exact) mass is 260 g/mol. The van der Waals surface area contributed by atoms with Crippen LogP contribution in [0, 0.1) is 0 Å². The zero-order valence-electron chi connectivity index (χ0n) is 11.5. The summed E-state index contributed by atoms with van der Waals surface area (Å²) < 4.78 is 5.96. The van der Waals surface area contributed by atoms with Crippen molar-refractivity contribution in [1.29, 1.82) is 0 Å². The van der Waals surface area contributed by atoms with Gasteiger partial charge in [0, 0.05) is 11.1 Å². The van der Waals surface area contributed by atoms with E-state index in [4.69, 9.17) is 4.43 Å². The van der Waals surface area contributed by atoms with Gasteiger partial charge in [0.15, 0.2) is 5.78 Å². The maximum atomic E-state index is 12.4. The average Bonchev–Trinajstić information content (AvgIpc) is 2.27. The lowest BCUT2D eigenvalue weighted by Crippen LogP contribution is -2.26. The molecule has 18 heavy (non-hydrogen) atoms. The molecule has 1 aliphatic rings. The van der Waals surface area contributed by atoms with Crippen LogP contribution >= 0.6 is 0 Å². The minimum atomic E-state index is -1.64. The molecule has 0 atom stereocenters. The van der Waals surface area contributed by atoms with Gasteiger partial charge >= 0.3 is 0 Å². The van der Waals surface area contributed by atoms with Gasteiger partial charge < -0.3 is 4.43 Å². The number of carbonyl (C=O) groups is 1. The summed E-state index contributed by atoms with van der Waals surface area (Å²) in [7, 11) is -1.64. The summed E-state index contributed by atoms with van der Waals surface area (Å²) in [6.07, 6.45) is 1.73. The summed E-state index contributed by atoms with van der Waals surface area (Å²) >= 11 is 0. The van der Waals surface area contributed by atoms with Crippen LogP contribution in [0.2, 0.25) is 19.6 Å². The van der Waals surface area contributed by atoms with Gasteiger partial charge in [-0.1, -0.05) is 24.3 Å². The SMILES string of the molecule is C/C(O[Si](C)(C)C)=C1\CCc2ccccc2C1=O. The van der Waals surface area contributed by atoms with E-state index in [0.29, 0.717) is 0 Å². The Balaban J connectivity index is 2.34. The lowest BCUT2D eigenvalue weighted by Gasteiger charge is -2.24. The number of benzene rings is 1. The van der Waals surface area contributed by atoms with Crippen molar-refractivity contribution >= 4 is 14.1 Å². The molecule has 3 heteroatoms. The van der Waals surface area contributed by atoms with Gasteiger partial charge in [0.2, 0.25) is 8.32 Å². The Morgan fingerprint density at radius 3 is 2.50 bits per heavy atom. The molecule has 0 fully saturated rings. The Hall–Kier alpha value is -1.35. The van der Waals surface area contributed by atoms with Crippen LogP contribution in [-0.2, 0) is 10.8 Å². The lowest BCUT2D eigenvalue weighted by atomic mass is 9.86. The molecule has 1 aromatic rings. The standard InChI is InChI=1S/C15H20O2Si/c1-11(17-18(2,3)4)13-10-9-12-7-5-6-8-14(12)15(13)16/h5-8H,9-10H2,1-4H3/b13-11-. The van der Waals surface area contributed by atoms with Crippen LogP contribution in [0.5, 0.6) is 0 Å². The van der Waals surface area contributed by atoms with E-state index < -0.39 is 8.32 Å². The third-order valence-corrected chi connectivity index (χ3v) is 3.98. The van der Waals surface area contributed by atoms with Gasteiger partial charge in [0.1, 0.15) is 0 Å². The number of ketones is 1. The highest BCUT2D eigenvalue weighted by molar-refractivity contribution is 6.70. The van der Waals surface area contributed by atoms with Crippen molar-refractivity contribution < 1.29 is 9.22 Å². The molecule has 0 N–H and O–H groups in total. The molecule has 0 saturated carbocycles. The van der Waals surface area contributed by atoms with Gasteiger partial charge in [-0.25, -0.2) is 0 Å². The molecule has 0 amide bonds. The summed E-state index contributed by atoms with van der Waals surface area (Å²) in [6.45, 7) is 8.34. The highest BCUT2D eigenvalue weighted by Gasteiger charge is 2.26. The third-order valence-electron chi connectivity index (χ3n) is 3.06. The molecular formula is C15H20O2Si. The predicted molar refractivity (Wildman–Crippen MR) is 76.2 cm³/mol. The maximum Gasteiger partial charge on any atom is 0.241 e. The highest BCUT2D eigenvalue weighted by atomic mass is 28.4. The summed E-state index contributed by atoms with van der Waals surface area (Å²) in [6, 6.07) is 7.87. The smallest absolute Gasteiger partial charge is 0.241 e. The lowest BCUT2D eigenvalue weighted by molar-refractivity contribution is 0.102. The fourth-order valence-electron chi connectivity index (χ4n) is 2.35. The minimum Gasteiger partial charge on any atom is -0.547 e. The van der Waals surface area contributed by atoms with E-state index in [2.05, 4.69) is 19.6 Å². The van der Waals surface area contributed by atoms with Crippen LogP contribution < -0.4 is 0 Å². The number of allylic oxidation sites excluding steroid dienone is 2. The van der Waals surface area contributed by atoms with Crippen LogP contribution in [0.1, 0.15) is 29.3 Å². The first-order valence-corrected chi connectivity index (χ1v) is 9.81. The largest absolute Gasteiger partial charge is 0.547 e. The summed E-state index contributed by atoms with van der Waals surface area (Å²) in [4.78, 5) is 12.4. The van der Waals surface area contributed by atoms with Crippen molar-refractivity contribution in [2.45, 2.75) is 39.4 Å². The molecule has 0 heterocycles. The van der Waals surface area contributed by atoms with Gasteiger partial charge in [-0.05, 0) is 45.0 Å². The molecular weight excluding hydrogens is 240 g/mol. The van der Waals surface area contributed by atoms with Crippen molar-refractivity contribution in [2.24, 2.45) is 0 Å². The Bertz CT molecular complexity index is 509. The average molecular weight is 260 g/mol. The first kappa shape index (κ1) is 13.1. The zero-order valence-corrected chi connectivity index (χ0v) is 12.5. The second-order valence-electron chi connectivity index (χ2n) is 5.74. The maximum absolute atomic E-state index is 12.4. The van der Waals surface area contributed by atoms with E-state index in [1.54, 1.807) is 0 Å². The van der Waals surface area contributed by atoms with Crippen molar-refractivity contribution in [2.75, 3.05) is 0 Å². The van der Waals surface area contributed by atoms with Crippen molar-refractivity contribution in [1.82, 2.24) is 0 Å². The Morgan fingerprint density at radius 1 is 1.17 bits per heavy atom. The van der Waals surface area contributed by atoms with Crippen LogP contribution in [0.4, 0.5) is 0 Å². The summed E-state index contributed by atoms with van der Waals surface area (Å²) in [5.41, 5.74) is 2.86. The number of Topliss-reactive ketones (excluding diaryl/α,β-unsaturated/α-hetero) is 1. The molecule has 0 bridgehead atoms. The molecule has 1 aliphatic carbocycles. The Labute approximate surface area is 110 Å². The molecule has 0 saturated heterocycles. The van der Waals surface area contributed by atoms with E-state index in [-0.39, 0.29) is 5.78 Å². The second-order valence-corrected chi connectivity index (χ2v) is 10.2. The quantitative estimate of drug-likeness (QED) is 0.457. The molecule has 0 aliphatic heterocycles. The highest BCUT2D eigenvalue weighted by Crippen LogP contribution is 2.28.